The van der Waals surface area contributed by atoms with Crippen LogP contribution in [0.3, 0.4) is 0 Å². The van der Waals surface area contributed by atoms with Crippen LogP contribution in [0.2, 0.25) is 0 Å². The number of aromatic hydroxyl groups is 2. The Kier molecular flexibility index (Phi) is 4.52. The van der Waals surface area contributed by atoms with Crippen LogP contribution in [0.1, 0.15) is 15.9 Å². The molecule has 0 bridgehead atoms. The molecule has 0 spiro atoms. The number of phenolic OH excluding ortho intramolecular Hbond substituents is 2. The predicted octanol–water partition coefficient (Wildman–Crippen LogP) is 3.02. The second-order valence-electron chi connectivity index (χ2n) is 5.31. The summed E-state index contributed by atoms with van der Waals surface area (Å²) in [5.41, 5.74) is 3.32. The van der Waals surface area contributed by atoms with Gasteiger partial charge in [-0.15, -0.1) is 0 Å². The highest BCUT2D eigenvalue weighted by Gasteiger charge is 2.09. The molecule has 0 aromatic heterocycles. The smallest absolute Gasteiger partial charge is 0.271 e. The molecule has 0 unspecified atom stereocenters. The van der Waals surface area contributed by atoms with Crippen molar-refractivity contribution in [2.75, 3.05) is 7.11 Å². The number of hydrazone groups is 1. The van der Waals surface area contributed by atoms with E-state index in [1.165, 1.54) is 24.4 Å². The van der Waals surface area contributed by atoms with Crippen LogP contribution in [-0.2, 0) is 0 Å². The monoisotopic (exact) mass is 336 g/mol. The average Bonchev–Trinajstić information content (AvgIpc) is 2.63. The van der Waals surface area contributed by atoms with Crippen LogP contribution in [0.4, 0.5) is 0 Å². The molecule has 0 atom stereocenters. The lowest BCUT2D eigenvalue weighted by Crippen LogP contribution is -2.17. The number of nitrogens with one attached hydrogen (secondary N) is 1. The lowest BCUT2D eigenvalue weighted by Gasteiger charge is -2.08. The molecule has 0 aliphatic carbocycles. The van der Waals surface area contributed by atoms with Crippen molar-refractivity contribution >= 4 is 22.9 Å². The van der Waals surface area contributed by atoms with Crippen molar-refractivity contribution in [3.8, 4) is 17.2 Å². The number of rotatable bonds is 4. The number of phenols is 2. The van der Waals surface area contributed by atoms with Gasteiger partial charge >= 0.3 is 0 Å². The van der Waals surface area contributed by atoms with Crippen LogP contribution < -0.4 is 10.2 Å². The summed E-state index contributed by atoms with van der Waals surface area (Å²) in [4.78, 5) is 12.1. The summed E-state index contributed by atoms with van der Waals surface area (Å²) in [6.07, 6.45) is 1.51. The molecule has 0 aliphatic rings. The molecule has 3 aromatic rings. The van der Waals surface area contributed by atoms with E-state index in [4.69, 9.17) is 4.74 Å². The van der Waals surface area contributed by atoms with Gasteiger partial charge in [0.05, 0.1) is 13.3 Å². The number of hydrogen-bond acceptors (Lipinski definition) is 5. The second-order valence-corrected chi connectivity index (χ2v) is 5.31. The third kappa shape index (κ3) is 3.37. The van der Waals surface area contributed by atoms with Gasteiger partial charge < -0.3 is 14.9 Å². The number of methoxy groups -OCH3 is 1. The number of amides is 1. The normalized spacial score (nSPS) is 10.9. The van der Waals surface area contributed by atoms with Gasteiger partial charge in [0, 0.05) is 11.1 Å². The fourth-order valence-electron chi connectivity index (χ4n) is 2.47. The minimum atomic E-state index is -0.509. The van der Waals surface area contributed by atoms with Gasteiger partial charge in [0.1, 0.15) is 5.75 Å². The van der Waals surface area contributed by atoms with E-state index in [9.17, 15) is 15.0 Å². The maximum absolute atomic E-state index is 12.1. The molecule has 0 saturated carbocycles. The molecule has 126 valence electrons. The molecular formula is C19H16N2O4. The maximum Gasteiger partial charge on any atom is 0.271 e. The number of fused-ring (bicyclic) bond motifs is 1. The summed E-state index contributed by atoms with van der Waals surface area (Å²) >= 11 is 0. The van der Waals surface area contributed by atoms with Crippen molar-refractivity contribution in [1.29, 1.82) is 0 Å². The van der Waals surface area contributed by atoms with Crippen molar-refractivity contribution in [3.05, 3.63) is 65.7 Å². The van der Waals surface area contributed by atoms with Gasteiger partial charge in [-0.05, 0) is 35.0 Å². The quantitative estimate of drug-likeness (QED) is 0.388. The highest BCUT2D eigenvalue weighted by Crippen LogP contribution is 2.26. The van der Waals surface area contributed by atoms with E-state index >= 15 is 0 Å². The van der Waals surface area contributed by atoms with E-state index in [1.54, 1.807) is 7.11 Å². The Bertz CT molecular complexity index is 967. The summed E-state index contributed by atoms with van der Waals surface area (Å²) < 4.78 is 5.36. The third-order valence-corrected chi connectivity index (χ3v) is 3.75. The fraction of sp³-hybridized carbons (Fsp3) is 0.0526. The predicted molar refractivity (Wildman–Crippen MR) is 95.3 cm³/mol. The van der Waals surface area contributed by atoms with Gasteiger partial charge in [0.15, 0.2) is 11.5 Å². The number of ether oxygens (including phenoxy) is 1. The minimum Gasteiger partial charge on any atom is -0.504 e. The van der Waals surface area contributed by atoms with Crippen LogP contribution in [0.15, 0.2) is 59.7 Å². The second kappa shape index (κ2) is 6.92. The lowest BCUT2D eigenvalue weighted by molar-refractivity contribution is 0.0954. The SMILES string of the molecule is COc1ccc2ccccc2c1C=NNC(=O)c1ccc(O)c(O)c1. The van der Waals surface area contributed by atoms with Gasteiger partial charge in [-0.1, -0.05) is 30.3 Å². The summed E-state index contributed by atoms with van der Waals surface area (Å²) in [6, 6.07) is 15.3. The molecule has 0 radical (unpaired) electrons. The highest BCUT2D eigenvalue weighted by atomic mass is 16.5. The molecule has 6 nitrogen and oxygen atoms in total. The molecule has 0 aliphatic heterocycles. The van der Waals surface area contributed by atoms with Crippen molar-refractivity contribution in [2.24, 2.45) is 5.10 Å². The van der Waals surface area contributed by atoms with Gasteiger partial charge in [-0.3, -0.25) is 4.79 Å². The fourth-order valence-corrected chi connectivity index (χ4v) is 2.47. The molecular weight excluding hydrogens is 320 g/mol. The number of hydrogen-bond donors (Lipinski definition) is 3. The maximum atomic E-state index is 12.1. The molecule has 0 saturated heterocycles. The number of nitrogens with zero attached hydrogens (tertiary/aromatic N) is 1. The van der Waals surface area contributed by atoms with Crippen molar-refractivity contribution < 1.29 is 19.7 Å². The number of benzene rings is 3. The molecule has 0 heterocycles. The first kappa shape index (κ1) is 16.3. The zero-order valence-corrected chi connectivity index (χ0v) is 13.4. The van der Waals surface area contributed by atoms with Gasteiger partial charge in [0.2, 0.25) is 0 Å². The summed E-state index contributed by atoms with van der Waals surface area (Å²) in [6.45, 7) is 0. The molecule has 3 rings (SSSR count). The minimum absolute atomic E-state index is 0.178. The standard InChI is InChI=1S/C19H16N2O4/c1-25-18-9-7-12-4-2-3-5-14(12)15(18)11-20-21-19(24)13-6-8-16(22)17(23)10-13/h2-11,22-23H,1H3,(H,21,24). The Morgan fingerprint density at radius 2 is 1.88 bits per heavy atom. The van der Waals surface area contributed by atoms with Crippen molar-refractivity contribution in [3.63, 3.8) is 0 Å². The Labute approximate surface area is 144 Å². The molecule has 6 heteroatoms. The largest absolute Gasteiger partial charge is 0.504 e. The first-order chi connectivity index (χ1) is 12.1. The van der Waals surface area contributed by atoms with Gasteiger partial charge in [-0.25, -0.2) is 5.43 Å². The van der Waals surface area contributed by atoms with E-state index in [0.717, 1.165) is 16.3 Å². The van der Waals surface area contributed by atoms with E-state index < -0.39 is 5.91 Å². The topological polar surface area (TPSA) is 91.2 Å². The molecule has 1 amide bonds. The van der Waals surface area contributed by atoms with E-state index in [-0.39, 0.29) is 17.1 Å². The van der Waals surface area contributed by atoms with E-state index in [1.807, 2.05) is 36.4 Å². The van der Waals surface area contributed by atoms with Crippen molar-refractivity contribution in [2.45, 2.75) is 0 Å². The Hall–Kier alpha value is -3.54. The Morgan fingerprint density at radius 1 is 1.08 bits per heavy atom. The molecule has 25 heavy (non-hydrogen) atoms. The Morgan fingerprint density at radius 3 is 2.64 bits per heavy atom. The lowest BCUT2D eigenvalue weighted by atomic mass is 10.0. The summed E-state index contributed by atoms with van der Waals surface area (Å²) in [5.74, 6) is -0.530. The van der Waals surface area contributed by atoms with Crippen molar-refractivity contribution in [1.82, 2.24) is 5.43 Å². The molecule has 3 N–H and O–H groups in total. The van der Waals surface area contributed by atoms with Gasteiger partial charge in [0.25, 0.3) is 5.91 Å². The first-order valence-electron chi connectivity index (χ1n) is 7.51. The first-order valence-corrected chi connectivity index (χ1v) is 7.51. The summed E-state index contributed by atoms with van der Waals surface area (Å²) in [7, 11) is 1.57. The van der Waals surface area contributed by atoms with E-state index in [0.29, 0.717) is 5.75 Å². The third-order valence-electron chi connectivity index (χ3n) is 3.75. The van der Waals surface area contributed by atoms with Crippen LogP contribution in [0.5, 0.6) is 17.2 Å². The van der Waals surface area contributed by atoms with Gasteiger partial charge in [-0.2, -0.15) is 5.10 Å². The Balaban J connectivity index is 1.85. The van der Waals surface area contributed by atoms with Crippen LogP contribution >= 0.6 is 0 Å². The number of carbonyl (C=O) groups excluding carboxylic acids is 1. The van der Waals surface area contributed by atoms with Crippen LogP contribution in [-0.4, -0.2) is 29.4 Å². The average molecular weight is 336 g/mol. The van der Waals surface area contributed by atoms with Crippen LogP contribution in [0, 0.1) is 0 Å². The summed E-state index contributed by atoms with van der Waals surface area (Å²) in [5, 5.41) is 24.7. The number of carbonyl (C=O) groups is 1. The zero-order valence-electron chi connectivity index (χ0n) is 13.4. The molecule has 3 aromatic carbocycles. The zero-order chi connectivity index (χ0) is 17.8. The highest BCUT2D eigenvalue weighted by molar-refractivity contribution is 6.03. The van der Waals surface area contributed by atoms with E-state index in [2.05, 4.69) is 10.5 Å². The molecule has 0 fully saturated rings. The van der Waals surface area contributed by atoms with Crippen LogP contribution in [0.25, 0.3) is 10.8 Å².